The number of halogens is 1. The predicted octanol–water partition coefficient (Wildman–Crippen LogP) is 4.31. The van der Waals surface area contributed by atoms with Crippen molar-refractivity contribution in [2.75, 3.05) is 18.6 Å². The number of fused-ring (bicyclic) bond motifs is 1. The average Bonchev–Trinajstić information content (AvgIpc) is 3.41. The van der Waals surface area contributed by atoms with E-state index >= 15 is 0 Å². The molecule has 2 aromatic heterocycles. The number of benzene rings is 2. The quantitative estimate of drug-likeness (QED) is 0.423. The third-order valence-electron chi connectivity index (χ3n) is 4.74. The molecule has 4 rings (SSSR count). The molecule has 1 amide bonds. The fourth-order valence-electron chi connectivity index (χ4n) is 3.16. The number of ether oxygens (including phenoxy) is 1. The van der Waals surface area contributed by atoms with Crippen molar-refractivity contribution in [3.8, 4) is 5.75 Å². The van der Waals surface area contributed by atoms with Crippen molar-refractivity contribution < 1.29 is 13.9 Å². The Labute approximate surface area is 177 Å². The summed E-state index contributed by atoms with van der Waals surface area (Å²) in [7, 11) is 1.62. The molecule has 0 bridgehead atoms. The van der Waals surface area contributed by atoms with E-state index in [0.29, 0.717) is 11.7 Å². The highest BCUT2D eigenvalue weighted by molar-refractivity contribution is 7.22. The van der Waals surface area contributed by atoms with Crippen molar-refractivity contribution in [3.05, 3.63) is 72.6 Å². The standard InChI is InChI=1S/C22H21FN4O2S/c1-29-18-7-8-19-20(14-18)30-22(25-19)27(11-2-10-26-12-9-24-15-26)21(28)13-16-3-5-17(23)6-4-16/h3-9,12,14-15H,2,10-11,13H2,1H3. The average molecular weight is 425 g/mol. The van der Waals surface area contributed by atoms with Gasteiger partial charge >= 0.3 is 0 Å². The molecule has 0 unspecified atom stereocenters. The van der Waals surface area contributed by atoms with Gasteiger partial charge in [0, 0.05) is 25.5 Å². The number of amides is 1. The number of aryl methyl sites for hydroxylation is 1. The van der Waals surface area contributed by atoms with Crippen LogP contribution in [0.2, 0.25) is 0 Å². The van der Waals surface area contributed by atoms with Gasteiger partial charge < -0.3 is 9.30 Å². The van der Waals surface area contributed by atoms with Gasteiger partial charge in [0.25, 0.3) is 0 Å². The number of hydrogen-bond donors (Lipinski definition) is 0. The third kappa shape index (κ3) is 4.65. The SMILES string of the molecule is COc1ccc2nc(N(CCCn3ccnc3)C(=O)Cc3ccc(F)cc3)sc2c1. The van der Waals surface area contributed by atoms with Crippen molar-refractivity contribution in [1.29, 1.82) is 0 Å². The summed E-state index contributed by atoms with van der Waals surface area (Å²) in [6.45, 7) is 1.27. The smallest absolute Gasteiger partial charge is 0.233 e. The molecule has 0 aliphatic rings. The van der Waals surface area contributed by atoms with Crippen LogP contribution in [0.1, 0.15) is 12.0 Å². The summed E-state index contributed by atoms with van der Waals surface area (Å²) in [4.78, 5) is 23.6. The van der Waals surface area contributed by atoms with Gasteiger partial charge in [-0.25, -0.2) is 14.4 Å². The topological polar surface area (TPSA) is 60.2 Å². The van der Waals surface area contributed by atoms with Gasteiger partial charge in [-0.3, -0.25) is 9.69 Å². The zero-order valence-corrected chi connectivity index (χ0v) is 17.3. The van der Waals surface area contributed by atoms with E-state index in [9.17, 15) is 9.18 Å². The first-order chi connectivity index (χ1) is 14.6. The van der Waals surface area contributed by atoms with Gasteiger partial charge in [-0.2, -0.15) is 0 Å². The molecule has 0 aliphatic heterocycles. The molecule has 4 aromatic rings. The Bertz CT molecular complexity index is 1130. The maximum absolute atomic E-state index is 13.2. The first-order valence-electron chi connectivity index (χ1n) is 9.57. The van der Waals surface area contributed by atoms with Crippen molar-refractivity contribution in [3.63, 3.8) is 0 Å². The highest BCUT2D eigenvalue weighted by Crippen LogP contribution is 2.32. The Balaban J connectivity index is 1.56. The fourth-order valence-corrected chi connectivity index (χ4v) is 4.20. The fraction of sp³-hybridized carbons (Fsp3) is 0.227. The summed E-state index contributed by atoms with van der Waals surface area (Å²) >= 11 is 1.46. The molecule has 8 heteroatoms. The van der Waals surface area contributed by atoms with E-state index in [4.69, 9.17) is 4.74 Å². The van der Waals surface area contributed by atoms with Gasteiger partial charge in [0.15, 0.2) is 5.13 Å². The van der Waals surface area contributed by atoms with Crippen molar-refractivity contribution >= 4 is 32.6 Å². The summed E-state index contributed by atoms with van der Waals surface area (Å²) < 4.78 is 21.4. The van der Waals surface area contributed by atoms with Crippen molar-refractivity contribution in [1.82, 2.24) is 14.5 Å². The van der Waals surface area contributed by atoms with Gasteiger partial charge in [-0.1, -0.05) is 23.5 Å². The van der Waals surface area contributed by atoms with Crippen LogP contribution in [0.5, 0.6) is 5.75 Å². The minimum absolute atomic E-state index is 0.0711. The molecule has 0 spiro atoms. The maximum Gasteiger partial charge on any atom is 0.233 e. The molecule has 2 aromatic carbocycles. The predicted molar refractivity (Wildman–Crippen MR) is 115 cm³/mol. The molecular formula is C22H21FN4O2S. The Kier molecular flexibility index (Phi) is 6.04. The molecule has 0 radical (unpaired) electrons. The molecule has 6 nitrogen and oxygen atoms in total. The zero-order chi connectivity index (χ0) is 20.9. The number of anilines is 1. The van der Waals surface area contributed by atoms with E-state index in [1.807, 2.05) is 29.0 Å². The van der Waals surface area contributed by atoms with E-state index < -0.39 is 0 Å². The lowest BCUT2D eigenvalue weighted by molar-refractivity contribution is -0.118. The largest absolute Gasteiger partial charge is 0.497 e. The monoisotopic (exact) mass is 424 g/mol. The second-order valence-electron chi connectivity index (χ2n) is 6.83. The van der Waals surface area contributed by atoms with E-state index in [0.717, 1.165) is 34.5 Å². The van der Waals surface area contributed by atoms with E-state index in [1.54, 1.807) is 36.7 Å². The molecule has 0 N–H and O–H groups in total. The van der Waals surface area contributed by atoms with E-state index in [1.165, 1.54) is 23.5 Å². The van der Waals surface area contributed by atoms with Crippen LogP contribution >= 0.6 is 11.3 Å². The Morgan fingerprint density at radius 3 is 2.80 bits per heavy atom. The summed E-state index contributed by atoms with van der Waals surface area (Å²) in [6, 6.07) is 11.7. The van der Waals surface area contributed by atoms with Crippen LogP contribution < -0.4 is 9.64 Å². The molecule has 30 heavy (non-hydrogen) atoms. The number of carbonyl (C=O) groups excluding carboxylic acids is 1. The van der Waals surface area contributed by atoms with Gasteiger partial charge in [-0.15, -0.1) is 0 Å². The Morgan fingerprint density at radius 1 is 1.23 bits per heavy atom. The second kappa shape index (κ2) is 9.04. The molecule has 0 atom stereocenters. The molecule has 0 aliphatic carbocycles. The van der Waals surface area contributed by atoms with Gasteiger partial charge in [0.05, 0.1) is 30.1 Å². The highest BCUT2D eigenvalue weighted by Gasteiger charge is 2.20. The van der Waals surface area contributed by atoms with Crippen molar-refractivity contribution in [2.45, 2.75) is 19.4 Å². The van der Waals surface area contributed by atoms with Gasteiger partial charge in [0.2, 0.25) is 5.91 Å². The molecular weight excluding hydrogens is 403 g/mol. The highest BCUT2D eigenvalue weighted by atomic mass is 32.1. The number of nitrogens with zero attached hydrogens (tertiary/aromatic N) is 4. The maximum atomic E-state index is 13.2. The number of thiazole rings is 1. The summed E-state index contributed by atoms with van der Waals surface area (Å²) in [5.74, 6) is 0.365. The summed E-state index contributed by atoms with van der Waals surface area (Å²) in [5, 5.41) is 0.649. The second-order valence-corrected chi connectivity index (χ2v) is 7.84. The van der Waals surface area contributed by atoms with Crippen LogP contribution in [-0.2, 0) is 17.8 Å². The van der Waals surface area contributed by atoms with Crippen LogP contribution in [0.25, 0.3) is 10.2 Å². The first kappa shape index (κ1) is 20.0. The Hall–Kier alpha value is -3.26. The van der Waals surface area contributed by atoms with E-state index in [2.05, 4.69) is 9.97 Å². The van der Waals surface area contributed by atoms with Crippen LogP contribution in [0.4, 0.5) is 9.52 Å². The number of methoxy groups -OCH3 is 1. The first-order valence-corrected chi connectivity index (χ1v) is 10.4. The molecule has 0 saturated carbocycles. The summed E-state index contributed by atoms with van der Waals surface area (Å²) in [6.07, 6.45) is 6.33. The number of carbonyl (C=O) groups is 1. The number of imidazole rings is 1. The van der Waals surface area contributed by atoms with Gasteiger partial charge in [0.1, 0.15) is 11.6 Å². The van der Waals surface area contributed by atoms with Crippen LogP contribution in [0, 0.1) is 5.82 Å². The summed E-state index contributed by atoms with van der Waals surface area (Å²) in [5.41, 5.74) is 1.59. The van der Waals surface area contributed by atoms with Crippen LogP contribution in [0.3, 0.4) is 0 Å². The number of aromatic nitrogens is 3. The zero-order valence-electron chi connectivity index (χ0n) is 16.5. The molecule has 0 saturated heterocycles. The molecule has 2 heterocycles. The third-order valence-corrected chi connectivity index (χ3v) is 5.78. The lowest BCUT2D eigenvalue weighted by Gasteiger charge is -2.20. The van der Waals surface area contributed by atoms with E-state index in [-0.39, 0.29) is 18.1 Å². The van der Waals surface area contributed by atoms with Crippen LogP contribution in [0.15, 0.2) is 61.2 Å². The van der Waals surface area contributed by atoms with Gasteiger partial charge in [-0.05, 0) is 42.3 Å². The number of hydrogen-bond acceptors (Lipinski definition) is 5. The lowest BCUT2D eigenvalue weighted by Crippen LogP contribution is -2.33. The lowest BCUT2D eigenvalue weighted by atomic mass is 10.1. The van der Waals surface area contributed by atoms with Crippen LogP contribution in [-0.4, -0.2) is 34.1 Å². The Morgan fingerprint density at radius 2 is 2.07 bits per heavy atom. The minimum atomic E-state index is -0.316. The van der Waals surface area contributed by atoms with Crippen molar-refractivity contribution in [2.24, 2.45) is 0 Å². The normalized spacial score (nSPS) is 11.0. The molecule has 154 valence electrons. The molecule has 0 fully saturated rings. The minimum Gasteiger partial charge on any atom is -0.497 e. The number of rotatable bonds is 8.